The number of fused-ring (bicyclic) bond motifs is 1. The van der Waals surface area contributed by atoms with Crippen molar-refractivity contribution in [3.8, 4) is 5.75 Å². The highest BCUT2D eigenvalue weighted by atomic mass is 35.5. The number of hydrogen-bond donors (Lipinski definition) is 1. The van der Waals surface area contributed by atoms with Crippen LogP contribution in [0.5, 0.6) is 5.75 Å². The predicted molar refractivity (Wildman–Crippen MR) is 106 cm³/mol. The molecule has 1 aromatic heterocycles. The Balaban J connectivity index is 1.57. The van der Waals surface area contributed by atoms with Gasteiger partial charge in [-0.2, -0.15) is 18.3 Å². The van der Waals surface area contributed by atoms with Crippen molar-refractivity contribution < 1.29 is 22.7 Å². The smallest absolute Gasteiger partial charge is 0.435 e. The zero-order valence-electron chi connectivity index (χ0n) is 16.4. The molecular formula is C20H22ClF3N4O2. The molecule has 2 aromatic rings. The number of rotatable bonds is 6. The first-order valence-electron chi connectivity index (χ1n) is 9.76. The number of nitrogens with zero attached hydrogens (tertiary/aromatic N) is 3. The molecule has 0 bridgehead atoms. The van der Waals surface area contributed by atoms with Crippen molar-refractivity contribution in [2.24, 2.45) is 5.92 Å². The molecule has 0 spiro atoms. The number of alkyl halides is 3. The topological polar surface area (TPSA) is 59.4 Å². The maximum atomic E-state index is 13.5. The number of ether oxygens (including phenoxy) is 1. The Morgan fingerprint density at radius 1 is 1.37 bits per heavy atom. The van der Waals surface area contributed by atoms with Gasteiger partial charge in [-0.1, -0.05) is 11.6 Å². The molecular weight excluding hydrogens is 421 g/mol. The molecule has 1 amide bonds. The minimum Gasteiger partial charge on any atom is -0.495 e. The number of carbonyl (C=O) groups excluding carboxylic acids is 1. The Kier molecular flexibility index (Phi) is 5.67. The van der Waals surface area contributed by atoms with Crippen LogP contribution in [0.1, 0.15) is 29.8 Å². The monoisotopic (exact) mass is 442 g/mol. The van der Waals surface area contributed by atoms with Crippen LogP contribution < -0.4 is 10.1 Å². The summed E-state index contributed by atoms with van der Waals surface area (Å²) in [7, 11) is 1.45. The van der Waals surface area contributed by atoms with Gasteiger partial charge in [-0.3, -0.25) is 14.4 Å². The second kappa shape index (κ2) is 8.11. The molecule has 0 saturated heterocycles. The molecule has 1 N–H and O–H groups in total. The predicted octanol–water partition coefficient (Wildman–Crippen LogP) is 3.97. The van der Waals surface area contributed by atoms with Crippen LogP contribution in [0.3, 0.4) is 0 Å². The largest absolute Gasteiger partial charge is 0.495 e. The number of carbonyl (C=O) groups is 1. The van der Waals surface area contributed by atoms with Gasteiger partial charge in [0.2, 0.25) is 5.91 Å². The molecule has 30 heavy (non-hydrogen) atoms. The van der Waals surface area contributed by atoms with E-state index in [4.69, 9.17) is 16.3 Å². The summed E-state index contributed by atoms with van der Waals surface area (Å²) in [4.78, 5) is 14.8. The van der Waals surface area contributed by atoms with Crippen LogP contribution in [-0.4, -0.2) is 40.8 Å². The summed E-state index contributed by atoms with van der Waals surface area (Å²) in [5.41, 5.74) is 0.115. The van der Waals surface area contributed by atoms with Gasteiger partial charge in [-0.05, 0) is 43.4 Å². The standard InChI is InChI=1S/C20H22ClF3N4O2/c1-30-17-5-4-13(21)8-15(17)25-18(29)11-28-16-10-27(9-12-2-3-12)7-6-14(16)19(26-28)20(22,23)24/h4-5,8,12H,2-3,6-7,9-11H2,1H3,(H,25,29). The molecule has 1 saturated carbocycles. The first-order valence-corrected chi connectivity index (χ1v) is 10.1. The lowest BCUT2D eigenvalue weighted by atomic mass is 10.0. The van der Waals surface area contributed by atoms with E-state index in [9.17, 15) is 18.0 Å². The molecule has 6 nitrogen and oxygen atoms in total. The van der Waals surface area contributed by atoms with Gasteiger partial charge in [0, 0.05) is 30.2 Å². The SMILES string of the molecule is COc1ccc(Cl)cc1NC(=O)Cn1nc(C(F)(F)F)c2c1CN(CC1CC1)CC2. The molecule has 162 valence electrons. The third-order valence-corrected chi connectivity index (χ3v) is 5.66. The van der Waals surface area contributed by atoms with Crippen molar-refractivity contribution in [1.29, 1.82) is 0 Å². The van der Waals surface area contributed by atoms with Gasteiger partial charge in [0.05, 0.1) is 18.5 Å². The van der Waals surface area contributed by atoms with Crippen molar-refractivity contribution >= 4 is 23.2 Å². The van der Waals surface area contributed by atoms with E-state index in [1.165, 1.54) is 30.7 Å². The molecule has 0 radical (unpaired) electrons. The second-order valence-corrected chi connectivity index (χ2v) is 8.19. The lowest BCUT2D eigenvalue weighted by Gasteiger charge is -2.28. The molecule has 10 heteroatoms. The van der Waals surface area contributed by atoms with Crippen molar-refractivity contribution in [1.82, 2.24) is 14.7 Å². The Morgan fingerprint density at radius 2 is 2.13 bits per heavy atom. The number of halogens is 4. The van der Waals surface area contributed by atoms with E-state index in [0.29, 0.717) is 41.2 Å². The normalized spacial score (nSPS) is 17.0. The van der Waals surface area contributed by atoms with Crippen LogP contribution in [0.2, 0.25) is 5.02 Å². The number of nitrogens with one attached hydrogen (secondary N) is 1. The fraction of sp³-hybridized carbons (Fsp3) is 0.500. The first kappa shape index (κ1) is 21.0. The van der Waals surface area contributed by atoms with Gasteiger partial charge >= 0.3 is 6.18 Å². The maximum absolute atomic E-state index is 13.5. The number of hydrogen-bond acceptors (Lipinski definition) is 4. The third-order valence-electron chi connectivity index (χ3n) is 5.43. The fourth-order valence-electron chi connectivity index (χ4n) is 3.82. The van der Waals surface area contributed by atoms with Gasteiger partial charge < -0.3 is 10.1 Å². The minimum absolute atomic E-state index is 0.197. The second-order valence-electron chi connectivity index (χ2n) is 7.75. The number of methoxy groups -OCH3 is 1. The quantitative estimate of drug-likeness (QED) is 0.735. The molecule has 2 heterocycles. The summed E-state index contributed by atoms with van der Waals surface area (Å²) >= 11 is 5.97. The van der Waals surface area contributed by atoms with Gasteiger partial charge in [0.15, 0.2) is 5.69 Å². The summed E-state index contributed by atoms with van der Waals surface area (Å²) in [6, 6.07) is 4.74. The number of aromatic nitrogens is 2. The summed E-state index contributed by atoms with van der Waals surface area (Å²) < 4.78 is 46.9. The Labute approximate surface area is 176 Å². The van der Waals surface area contributed by atoms with E-state index in [2.05, 4.69) is 15.3 Å². The lowest BCUT2D eigenvalue weighted by Crippen LogP contribution is -2.34. The van der Waals surface area contributed by atoms with E-state index >= 15 is 0 Å². The summed E-state index contributed by atoms with van der Waals surface area (Å²) in [5.74, 6) is 0.527. The molecule has 1 aliphatic heterocycles. The molecule has 4 rings (SSSR count). The summed E-state index contributed by atoms with van der Waals surface area (Å²) in [6.45, 7) is 1.48. The van der Waals surface area contributed by atoms with Crippen LogP contribution in [0.15, 0.2) is 18.2 Å². The van der Waals surface area contributed by atoms with Crippen LogP contribution in [-0.2, 0) is 30.5 Å². The third kappa shape index (κ3) is 4.57. The average molecular weight is 443 g/mol. The van der Waals surface area contributed by atoms with Crippen molar-refractivity contribution in [2.75, 3.05) is 25.5 Å². The Hall–Kier alpha value is -2.26. The molecule has 1 aromatic carbocycles. The lowest BCUT2D eigenvalue weighted by molar-refractivity contribution is -0.142. The number of benzene rings is 1. The van der Waals surface area contributed by atoms with Gasteiger partial charge in [0.1, 0.15) is 12.3 Å². The fourth-order valence-corrected chi connectivity index (χ4v) is 3.99. The molecule has 2 aliphatic rings. The highest BCUT2D eigenvalue weighted by molar-refractivity contribution is 6.31. The highest BCUT2D eigenvalue weighted by Gasteiger charge is 2.41. The van der Waals surface area contributed by atoms with Crippen molar-refractivity contribution in [3.05, 3.63) is 40.2 Å². The van der Waals surface area contributed by atoms with Gasteiger partial charge in [-0.15, -0.1) is 0 Å². The summed E-state index contributed by atoms with van der Waals surface area (Å²) in [6.07, 6.45) is -1.94. The van der Waals surface area contributed by atoms with Crippen LogP contribution in [0.4, 0.5) is 18.9 Å². The van der Waals surface area contributed by atoms with E-state index in [1.54, 1.807) is 12.1 Å². The van der Waals surface area contributed by atoms with Crippen LogP contribution in [0, 0.1) is 5.92 Å². The number of anilines is 1. The summed E-state index contributed by atoms with van der Waals surface area (Å²) in [5, 5.41) is 6.84. The van der Waals surface area contributed by atoms with E-state index < -0.39 is 17.8 Å². The Bertz CT molecular complexity index is 956. The highest BCUT2D eigenvalue weighted by Crippen LogP contribution is 2.37. The zero-order valence-corrected chi connectivity index (χ0v) is 17.2. The number of amides is 1. The molecule has 0 atom stereocenters. The first-order chi connectivity index (χ1) is 14.2. The van der Waals surface area contributed by atoms with E-state index in [1.807, 2.05) is 0 Å². The van der Waals surface area contributed by atoms with Crippen molar-refractivity contribution in [3.63, 3.8) is 0 Å². The zero-order chi connectivity index (χ0) is 21.5. The molecule has 0 unspecified atom stereocenters. The van der Waals surface area contributed by atoms with Crippen LogP contribution >= 0.6 is 11.6 Å². The van der Waals surface area contributed by atoms with E-state index in [0.717, 1.165) is 6.54 Å². The Morgan fingerprint density at radius 3 is 2.80 bits per heavy atom. The average Bonchev–Trinajstić information content (AvgIpc) is 3.41. The van der Waals surface area contributed by atoms with Gasteiger partial charge in [-0.25, -0.2) is 0 Å². The molecule has 1 fully saturated rings. The van der Waals surface area contributed by atoms with Crippen molar-refractivity contribution in [2.45, 2.75) is 38.5 Å². The molecule has 1 aliphatic carbocycles. The van der Waals surface area contributed by atoms with Gasteiger partial charge in [0.25, 0.3) is 0 Å². The maximum Gasteiger partial charge on any atom is 0.435 e. The van der Waals surface area contributed by atoms with E-state index in [-0.39, 0.29) is 18.5 Å². The van der Waals surface area contributed by atoms with Crippen LogP contribution in [0.25, 0.3) is 0 Å². The minimum atomic E-state index is -4.55.